The second-order valence-corrected chi connectivity index (χ2v) is 8.42. The van der Waals surface area contributed by atoms with Crippen molar-refractivity contribution in [2.45, 2.75) is 58.8 Å². The van der Waals surface area contributed by atoms with Crippen molar-refractivity contribution in [2.75, 3.05) is 6.61 Å². The largest absolute Gasteiger partial charge is 0.350 e. The van der Waals surface area contributed by atoms with Crippen LogP contribution in [0.25, 0.3) is 0 Å². The van der Waals surface area contributed by atoms with Crippen LogP contribution in [0, 0.1) is 11.8 Å². The maximum absolute atomic E-state index is 12.4. The summed E-state index contributed by atoms with van der Waals surface area (Å²) < 4.78 is 12.1. The third-order valence-corrected chi connectivity index (χ3v) is 5.64. The van der Waals surface area contributed by atoms with Crippen molar-refractivity contribution in [3.63, 3.8) is 0 Å². The molecular formula is C25H32O3. The van der Waals surface area contributed by atoms with E-state index in [-0.39, 0.29) is 30.0 Å². The first-order chi connectivity index (χ1) is 13.4. The van der Waals surface area contributed by atoms with Gasteiger partial charge in [0.15, 0.2) is 12.1 Å². The van der Waals surface area contributed by atoms with Crippen molar-refractivity contribution in [1.82, 2.24) is 0 Å². The quantitative estimate of drug-likeness (QED) is 0.556. The van der Waals surface area contributed by atoms with Crippen LogP contribution in [0.2, 0.25) is 0 Å². The fraction of sp³-hybridized carbons (Fsp3) is 0.480. The number of hydrogen-bond acceptors (Lipinski definition) is 3. The Labute approximate surface area is 169 Å². The van der Waals surface area contributed by atoms with E-state index < -0.39 is 0 Å². The zero-order valence-electron chi connectivity index (χ0n) is 17.4. The zero-order valence-corrected chi connectivity index (χ0v) is 17.4. The molecule has 4 atom stereocenters. The molecule has 1 aliphatic rings. The molecule has 0 amide bonds. The minimum atomic E-state index is -0.205. The van der Waals surface area contributed by atoms with Crippen molar-refractivity contribution in [3.8, 4) is 0 Å². The maximum atomic E-state index is 12.4. The van der Waals surface area contributed by atoms with Gasteiger partial charge in [-0.15, -0.1) is 0 Å². The second kappa shape index (κ2) is 9.49. The summed E-state index contributed by atoms with van der Waals surface area (Å²) in [6.45, 7) is 9.23. The van der Waals surface area contributed by atoms with Gasteiger partial charge < -0.3 is 9.47 Å². The van der Waals surface area contributed by atoms with E-state index in [1.165, 1.54) is 11.1 Å². The topological polar surface area (TPSA) is 35.5 Å². The van der Waals surface area contributed by atoms with Gasteiger partial charge in [-0.2, -0.15) is 0 Å². The van der Waals surface area contributed by atoms with Crippen LogP contribution >= 0.6 is 0 Å². The highest BCUT2D eigenvalue weighted by atomic mass is 16.7. The molecule has 150 valence electrons. The first-order valence-corrected chi connectivity index (χ1v) is 10.4. The predicted molar refractivity (Wildman–Crippen MR) is 113 cm³/mol. The lowest BCUT2D eigenvalue weighted by Crippen LogP contribution is -2.26. The highest BCUT2D eigenvalue weighted by Gasteiger charge is 2.34. The van der Waals surface area contributed by atoms with Gasteiger partial charge in [0.2, 0.25) is 0 Å². The minimum Gasteiger partial charge on any atom is -0.350 e. The van der Waals surface area contributed by atoms with Crippen LogP contribution in [0.15, 0.2) is 54.6 Å². The standard InChI is InChI=1S/C25H32O3/c1-17(2)21-12-10-20(11-13-21)14-19(4)25-27-16-24(28-25)18(3)15-23(26)22-8-6-5-7-9-22/h5-13,17-19,24-25H,14-16H2,1-4H3. The number of ketones is 1. The van der Waals surface area contributed by atoms with Gasteiger partial charge in [0.1, 0.15) is 0 Å². The SMILES string of the molecule is CC(C)c1ccc(CC(C)C2OCC(C(C)CC(=O)c3ccccc3)O2)cc1. The molecule has 3 nitrogen and oxygen atoms in total. The molecule has 28 heavy (non-hydrogen) atoms. The van der Waals surface area contributed by atoms with Gasteiger partial charge in [-0.05, 0) is 29.4 Å². The van der Waals surface area contributed by atoms with Crippen molar-refractivity contribution in [1.29, 1.82) is 0 Å². The van der Waals surface area contributed by atoms with Gasteiger partial charge in [-0.25, -0.2) is 0 Å². The third kappa shape index (κ3) is 5.30. The van der Waals surface area contributed by atoms with Crippen LogP contribution in [0.5, 0.6) is 0 Å². The van der Waals surface area contributed by atoms with Gasteiger partial charge in [0, 0.05) is 17.9 Å². The van der Waals surface area contributed by atoms with Crippen LogP contribution in [0.3, 0.4) is 0 Å². The monoisotopic (exact) mass is 380 g/mol. The van der Waals surface area contributed by atoms with E-state index in [1.807, 2.05) is 30.3 Å². The van der Waals surface area contributed by atoms with Crippen molar-refractivity contribution in [2.24, 2.45) is 11.8 Å². The van der Waals surface area contributed by atoms with Gasteiger partial charge >= 0.3 is 0 Å². The average Bonchev–Trinajstić information content (AvgIpc) is 3.19. The lowest BCUT2D eigenvalue weighted by molar-refractivity contribution is -0.0978. The molecular weight excluding hydrogens is 348 g/mol. The molecule has 4 unspecified atom stereocenters. The summed E-state index contributed by atoms with van der Waals surface area (Å²) in [5.74, 6) is 1.12. The number of carbonyl (C=O) groups is 1. The minimum absolute atomic E-state index is 0.0246. The lowest BCUT2D eigenvalue weighted by Gasteiger charge is -2.21. The lowest BCUT2D eigenvalue weighted by atomic mass is 9.95. The van der Waals surface area contributed by atoms with Crippen LogP contribution in [0.1, 0.15) is 61.5 Å². The van der Waals surface area contributed by atoms with E-state index in [4.69, 9.17) is 9.47 Å². The Morgan fingerprint density at radius 2 is 1.64 bits per heavy atom. The predicted octanol–water partition coefficient (Wildman–Crippen LogP) is 5.64. The third-order valence-electron chi connectivity index (χ3n) is 5.64. The van der Waals surface area contributed by atoms with Crippen LogP contribution in [-0.4, -0.2) is 24.8 Å². The summed E-state index contributed by atoms with van der Waals surface area (Å²) in [6, 6.07) is 18.3. The zero-order chi connectivity index (χ0) is 20.1. The molecule has 3 rings (SSSR count). The van der Waals surface area contributed by atoms with Crippen LogP contribution in [-0.2, 0) is 15.9 Å². The molecule has 3 heteroatoms. The van der Waals surface area contributed by atoms with Gasteiger partial charge in [0.05, 0.1) is 12.7 Å². The summed E-state index contributed by atoms with van der Waals surface area (Å²) in [5, 5.41) is 0. The van der Waals surface area contributed by atoms with Crippen molar-refractivity contribution in [3.05, 3.63) is 71.3 Å². The molecule has 0 aromatic heterocycles. The van der Waals surface area contributed by atoms with E-state index >= 15 is 0 Å². The first kappa shape index (κ1) is 20.8. The Morgan fingerprint density at radius 3 is 2.29 bits per heavy atom. The maximum Gasteiger partial charge on any atom is 0.163 e. The fourth-order valence-electron chi connectivity index (χ4n) is 3.71. The van der Waals surface area contributed by atoms with Crippen molar-refractivity contribution >= 4 is 5.78 Å². The van der Waals surface area contributed by atoms with E-state index in [9.17, 15) is 4.79 Å². The molecule has 0 saturated carbocycles. The molecule has 1 saturated heterocycles. The fourth-order valence-corrected chi connectivity index (χ4v) is 3.71. The summed E-state index contributed by atoms with van der Waals surface area (Å²) in [7, 11) is 0. The highest BCUT2D eigenvalue weighted by molar-refractivity contribution is 5.96. The summed E-state index contributed by atoms with van der Waals surface area (Å²) in [5.41, 5.74) is 3.43. The molecule has 0 N–H and O–H groups in total. The van der Waals surface area contributed by atoms with Gasteiger partial charge in [-0.3, -0.25) is 4.79 Å². The number of hydrogen-bond donors (Lipinski definition) is 0. The molecule has 1 fully saturated rings. The number of benzene rings is 2. The Bertz CT molecular complexity index is 751. The second-order valence-electron chi connectivity index (χ2n) is 8.42. The van der Waals surface area contributed by atoms with E-state index in [1.54, 1.807) is 0 Å². The van der Waals surface area contributed by atoms with Gasteiger partial charge in [0.25, 0.3) is 0 Å². The summed E-state index contributed by atoms with van der Waals surface area (Å²) in [6.07, 6.45) is 1.18. The number of Topliss-reactive ketones (excluding diaryl/α,β-unsaturated/α-hetero) is 1. The smallest absolute Gasteiger partial charge is 0.163 e. The molecule has 2 aromatic carbocycles. The average molecular weight is 381 g/mol. The molecule has 0 bridgehead atoms. The van der Waals surface area contributed by atoms with Crippen LogP contribution in [0.4, 0.5) is 0 Å². The van der Waals surface area contributed by atoms with Crippen molar-refractivity contribution < 1.29 is 14.3 Å². The molecule has 2 aromatic rings. The highest BCUT2D eigenvalue weighted by Crippen LogP contribution is 2.28. The molecule has 1 aliphatic heterocycles. The molecule has 0 radical (unpaired) electrons. The molecule has 0 aliphatic carbocycles. The summed E-state index contributed by atoms with van der Waals surface area (Å²) >= 11 is 0. The normalized spacial score (nSPS) is 21.6. The number of ether oxygens (including phenoxy) is 2. The van der Waals surface area contributed by atoms with Gasteiger partial charge in [-0.1, -0.05) is 82.3 Å². The Kier molecular flexibility index (Phi) is 7.03. The Morgan fingerprint density at radius 1 is 0.964 bits per heavy atom. The van der Waals surface area contributed by atoms with E-state index in [0.29, 0.717) is 18.9 Å². The first-order valence-electron chi connectivity index (χ1n) is 10.4. The van der Waals surface area contributed by atoms with Crippen LogP contribution < -0.4 is 0 Å². The Hall–Kier alpha value is -1.97. The van der Waals surface area contributed by atoms with E-state index in [2.05, 4.69) is 52.0 Å². The van der Waals surface area contributed by atoms with E-state index in [0.717, 1.165) is 12.0 Å². The summed E-state index contributed by atoms with van der Waals surface area (Å²) in [4.78, 5) is 12.4. The number of rotatable bonds is 8. The molecule has 1 heterocycles. The molecule has 0 spiro atoms. The number of carbonyl (C=O) groups excluding carboxylic acids is 1. The Balaban J connectivity index is 1.50.